The van der Waals surface area contributed by atoms with E-state index >= 15 is 0 Å². The van der Waals surface area contributed by atoms with Gasteiger partial charge in [-0.2, -0.15) is 13.2 Å². The van der Waals surface area contributed by atoms with Gasteiger partial charge in [0.2, 0.25) is 0 Å². The van der Waals surface area contributed by atoms with E-state index in [0.29, 0.717) is 0 Å². The van der Waals surface area contributed by atoms with Crippen LogP contribution in [0.3, 0.4) is 0 Å². The minimum Gasteiger partial charge on any atom is -0.449 e. The normalized spacial score (nSPS) is 12.4. The molecule has 0 spiro atoms. The number of rotatable bonds is 4. The summed E-state index contributed by atoms with van der Waals surface area (Å²) < 4.78 is 55.8. The number of hydrogen-bond donors (Lipinski definition) is 1. The third-order valence-electron chi connectivity index (χ3n) is 3.23. The Hall–Kier alpha value is -2.90. The van der Waals surface area contributed by atoms with Crippen molar-refractivity contribution in [2.24, 2.45) is 0 Å². The lowest BCUT2D eigenvalue weighted by Crippen LogP contribution is -2.30. The molecule has 0 fully saturated rings. The topological polar surface area (TPSA) is 55.4 Å². The summed E-state index contributed by atoms with van der Waals surface area (Å²) in [6.07, 6.45) is -5.79. The summed E-state index contributed by atoms with van der Waals surface area (Å²) in [4.78, 5) is 23.8. The largest absolute Gasteiger partial charge is 0.449 e. The molecule has 2 aromatic rings. The molecule has 0 aliphatic rings. The Bertz CT molecular complexity index is 772. The fourth-order valence-corrected chi connectivity index (χ4v) is 1.87. The van der Waals surface area contributed by atoms with E-state index in [4.69, 9.17) is 4.74 Å². The Labute approximate surface area is 140 Å². The highest BCUT2D eigenvalue weighted by Gasteiger charge is 2.30. The maximum atomic E-state index is 13.5. The fraction of sp³-hybridized carbons (Fsp3) is 0.176. The van der Waals surface area contributed by atoms with Crippen molar-refractivity contribution in [2.75, 3.05) is 5.32 Å². The summed E-state index contributed by atoms with van der Waals surface area (Å²) >= 11 is 0. The molecule has 1 atom stereocenters. The molecule has 0 saturated heterocycles. The zero-order valence-corrected chi connectivity index (χ0v) is 12.9. The Balaban J connectivity index is 1.99. The Morgan fingerprint density at radius 3 is 2.20 bits per heavy atom. The molecule has 0 heterocycles. The lowest BCUT2D eigenvalue weighted by Gasteiger charge is -2.14. The van der Waals surface area contributed by atoms with E-state index in [9.17, 15) is 27.2 Å². The van der Waals surface area contributed by atoms with E-state index in [1.807, 2.05) is 0 Å². The summed E-state index contributed by atoms with van der Waals surface area (Å²) in [6.45, 7) is 1.26. The van der Waals surface area contributed by atoms with Gasteiger partial charge < -0.3 is 10.1 Å². The lowest BCUT2D eigenvalue weighted by molar-refractivity contribution is -0.137. The molecule has 0 bridgehead atoms. The standard InChI is InChI=1S/C17H13F4NO3/c1-10(15(23)22-14-5-3-2-4-13(14)18)25-16(24)11-6-8-12(9-7-11)17(19,20)21/h2-10H,1H3,(H,22,23)/t10-/m1/s1. The molecule has 4 nitrogen and oxygen atoms in total. The van der Waals surface area contributed by atoms with Crippen LogP contribution in [0.15, 0.2) is 48.5 Å². The summed E-state index contributed by atoms with van der Waals surface area (Å²) in [6, 6.07) is 8.81. The minimum atomic E-state index is -4.52. The smallest absolute Gasteiger partial charge is 0.416 e. The highest BCUT2D eigenvalue weighted by Crippen LogP contribution is 2.29. The van der Waals surface area contributed by atoms with Gasteiger partial charge in [-0.1, -0.05) is 12.1 Å². The van der Waals surface area contributed by atoms with Gasteiger partial charge in [0.1, 0.15) is 5.82 Å². The predicted molar refractivity (Wildman–Crippen MR) is 81.4 cm³/mol. The van der Waals surface area contributed by atoms with E-state index in [0.717, 1.165) is 30.3 Å². The summed E-state index contributed by atoms with van der Waals surface area (Å²) in [7, 11) is 0. The number of para-hydroxylation sites is 1. The molecule has 0 saturated carbocycles. The Morgan fingerprint density at radius 2 is 1.64 bits per heavy atom. The second-order valence-corrected chi connectivity index (χ2v) is 5.09. The van der Waals surface area contributed by atoms with Crippen LogP contribution in [-0.4, -0.2) is 18.0 Å². The molecule has 132 valence electrons. The lowest BCUT2D eigenvalue weighted by atomic mass is 10.1. The predicted octanol–water partition coefficient (Wildman–Crippen LogP) is 4.03. The van der Waals surface area contributed by atoms with E-state index in [2.05, 4.69) is 5.32 Å². The van der Waals surface area contributed by atoms with Crippen LogP contribution >= 0.6 is 0 Å². The molecule has 0 aliphatic heterocycles. The quantitative estimate of drug-likeness (QED) is 0.666. The molecule has 0 unspecified atom stereocenters. The van der Waals surface area contributed by atoms with E-state index in [1.54, 1.807) is 0 Å². The molecule has 2 aromatic carbocycles. The molecular formula is C17H13F4NO3. The second-order valence-electron chi connectivity index (χ2n) is 5.09. The summed E-state index contributed by atoms with van der Waals surface area (Å²) in [5.74, 6) is -2.40. The molecule has 0 aromatic heterocycles. The van der Waals surface area contributed by atoms with Crippen molar-refractivity contribution >= 4 is 17.6 Å². The molecule has 1 amide bonds. The van der Waals surface area contributed by atoms with Gasteiger partial charge in [0.05, 0.1) is 16.8 Å². The first-order chi connectivity index (χ1) is 11.7. The molecule has 8 heteroatoms. The van der Waals surface area contributed by atoms with Crippen LogP contribution in [0.4, 0.5) is 23.2 Å². The van der Waals surface area contributed by atoms with Crippen LogP contribution in [0.2, 0.25) is 0 Å². The first-order valence-corrected chi connectivity index (χ1v) is 7.12. The second kappa shape index (κ2) is 7.33. The molecule has 2 rings (SSSR count). The minimum absolute atomic E-state index is 0.0788. The highest BCUT2D eigenvalue weighted by molar-refractivity contribution is 5.97. The zero-order chi connectivity index (χ0) is 18.6. The van der Waals surface area contributed by atoms with Crippen LogP contribution < -0.4 is 5.32 Å². The Kier molecular flexibility index (Phi) is 5.41. The van der Waals surface area contributed by atoms with Crippen molar-refractivity contribution in [1.29, 1.82) is 0 Å². The van der Waals surface area contributed by atoms with Crippen molar-refractivity contribution in [3.05, 3.63) is 65.5 Å². The molecule has 0 radical (unpaired) electrons. The first kappa shape index (κ1) is 18.4. The van der Waals surface area contributed by atoms with E-state index in [-0.39, 0.29) is 11.3 Å². The van der Waals surface area contributed by atoms with Crippen molar-refractivity contribution in [1.82, 2.24) is 0 Å². The fourth-order valence-electron chi connectivity index (χ4n) is 1.87. The molecule has 1 N–H and O–H groups in total. The number of halogens is 4. The van der Waals surface area contributed by atoms with Gasteiger partial charge in [-0.25, -0.2) is 9.18 Å². The van der Waals surface area contributed by atoms with Crippen LogP contribution in [0, 0.1) is 5.82 Å². The SMILES string of the molecule is C[C@@H](OC(=O)c1ccc(C(F)(F)F)cc1)C(=O)Nc1ccccc1F. The maximum Gasteiger partial charge on any atom is 0.416 e. The average molecular weight is 355 g/mol. The third-order valence-corrected chi connectivity index (χ3v) is 3.23. The Morgan fingerprint density at radius 1 is 1.04 bits per heavy atom. The number of hydrogen-bond acceptors (Lipinski definition) is 3. The summed E-state index contributed by atoms with van der Waals surface area (Å²) in [5.41, 5.74) is -1.13. The number of carbonyl (C=O) groups is 2. The molecule has 0 aliphatic carbocycles. The first-order valence-electron chi connectivity index (χ1n) is 7.12. The van der Waals surface area contributed by atoms with Crippen molar-refractivity contribution < 1.29 is 31.9 Å². The van der Waals surface area contributed by atoms with Gasteiger partial charge in [-0.3, -0.25) is 4.79 Å². The van der Waals surface area contributed by atoms with Gasteiger partial charge in [0.25, 0.3) is 5.91 Å². The third kappa shape index (κ3) is 4.79. The van der Waals surface area contributed by atoms with Crippen LogP contribution in [0.25, 0.3) is 0 Å². The number of carbonyl (C=O) groups excluding carboxylic acids is 2. The van der Waals surface area contributed by atoms with E-state index < -0.39 is 35.5 Å². The van der Waals surface area contributed by atoms with Crippen LogP contribution in [0.5, 0.6) is 0 Å². The molecular weight excluding hydrogens is 342 g/mol. The van der Waals surface area contributed by atoms with Gasteiger partial charge >= 0.3 is 12.1 Å². The number of anilines is 1. The number of benzene rings is 2. The van der Waals surface area contributed by atoms with Gasteiger partial charge in [-0.15, -0.1) is 0 Å². The average Bonchev–Trinajstić information content (AvgIpc) is 2.56. The van der Waals surface area contributed by atoms with Gasteiger partial charge in [0, 0.05) is 0 Å². The maximum absolute atomic E-state index is 13.5. The van der Waals surface area contributed by atoms with Crippen molar-refractivity contribution in [3.63, 3.8) is 0 Å². The van der Waals surface area contributed by atoms with Crippen LogP contribution in [0.1, 0.15) is 22.8 Å². The number of nitrogens with one attached hydrogen (secondary N) is 1. The van der Waals surface area contributed by atoms with Gasteiger partial charge in [0.15, 0.2) is 6.10 Å². The zero-order valence-electron chi connectivity index (χ0n) is 12.9. The van der Waals surface area contributed by atoms with Gasteiger partial charge in [-0.05, 0) is 43.3 Å². The highest BCUT2D eigenvalue weighted by atomic mass is 19.4. The van der Waals surface area contributed by atoms with Crippen molar-refractivity contribution in [2.45, 2.75) is 19.2 Å². The van der Waals surface area contributed by atoms with Crippen LogP contribution in [-0.2, 0) is 15.7 Å². The number of alkyl halides is 3. The van der Waals surface area contributed by atoms with Crippen molar-refractivity contribution in [3.8, 4) is 0 Å². The van der Waals surface area contributed by atoms with E-state index in [1.165, 1.54) is 25.1 Å². The monoisotopic (exact) mass is 355 g/mol. The number of esters is 1. The number of ether oxygens (including phenoxy) is 1. The molecule has 25 heavy (non-hydrogen) atoms. The summed E-state index contributed by atoms with van der Waals surface area (Å²) in [5, 5.41) is 2.26. The number of amides is 1.